The summed E-state index contributed by atoms with van der Waals surface area (Å²) in [5.41, 5.74) is 0. The number of aliphatic hydroxyl groups excluding tert-OH is 1. The van der Waals surface area contributed by atoms with Crippen molar-refractivity contribution in [2.45, 2.75) is 58.0 Å². The normalized spacial score (nSPS) is 20.2. The van der Waals surface area contributed by atoms with Gasteiger partial charge in [-0.05, 0) is 25.9 Å². The first-order valence-corrected chi connectivity index (χ1v) is 6.90. The Morgan fingerprint density at radius 3 is 2.44 bits per heavy atom. The molecule has 0 heterocycles. The molecule has 0 aromatic rings. The Morgan fingerprint density at radius 2 is 1.94 bits per heavy atom. The van der Waals surface area contributed by atoms with Crippen LogP contribution in [-0.2, 0) is 0 Å². The molecule has 1 rings (SSSR count). The van der Waals surface area contributed by atoms with Gasteiger partial charge in [0.15, 0.2) is 0 Å². The molecule has 2 N–H and O–H groups in total. The minimum Gasteiger partial charge on any atom is -0.395 e. The van der Waals surface area contributed by atoms with Gasteiger partial charge in [-0.25, -0.2) is 0 Å². The number of rotatable bonds is 7. The standard InChI is InChI=1S/C13H28N2O/c1-3-14-12(11-16)10-15(4-2)13-8-6-5-7-9-13/h12-14,16H,3-11H2,1-2H3. The van der Waals surface area contributed by atoms with Crippen molar-refractivity contribution in [2.24, 2.45) is 0 Å². The number of nitrogens with one attached hydrogen (secondary N) is 1. The summed E-state index contributed by atoms with van der Waals surface area (Å²) in [5, 5.41) is 12.7. The third kappa shape index (κ3) is 4.40. The van der Waals surface area contributed by atoms with Gasteiger partial charge < -0.3 is 10.4 Å². The van der Waals surface area contributed by atoms with Gasteiger partial charge in [-0.15, -0.1) is 0 Å². The highest BCUT2D eigenvalue weighted by molar-refractivity contribution is 4.79. The number of hydrogen-bond donors (Lipinski definition) is 2. The largest absolute Gasteiger partial charge is 0.395 e. The Labute approximate surface area is 100 Å². The van der Waals surface area contributed by atoms with Crippen LogP contribution in [0.1, 0.15) is 46.0 Å². The summed E-state index contributed by atoms with van der Waals surface area (Å²) < 4.78 is 0. The van der Waals surface area contributed by atoms with E-state index < -0.39 is 0 Å². The fourth-order valence-corrected chi connectivity index (χ4v) is 2.74. The quantitative estimate of drug-likeness (QED) is 0.695. The number of hydrogen-bond acceptors (Lipinski definition) is 3. The summed E-state index contributed by atoms with van der Waals surface area (Å²) in [5.74, 6) is 0. The Kier molecular flexibility index (Phi) is 7.01. The van der Waals surface area contributed by atoms with E-state index >= 15 is 0 Å². The van der Waals surface area contributed by atoms with Gasteiger partial charge in [-0.2, -0.15) is 0 Å². The van der Waals surface area contributed by atoms with Crippen molar-refractivity contribution < 1.29 is 5.11 Å². The lowest BCUT2D eigenvalue weighted by Gasteiger charge is -2.35. The van der Waals surface area contributed by atoms with Crippen LogP contribution in [0.5, 0.6) is 0 Å². The summed E-state index contributed by atoms with van der Waals surface area (Å²) in [6.45, 7) is 7.61. The van der Waals surface area contributed by atoms with Crippen molar-refractivity contribution in [1.82, 2.24) is 10.2 Å². The molecular formula is C13H28N2O. The maximum Gasteiger partial charge on any atom is 0.0597 e. The van der Waals surface area contributed by atoms with Crippen molar-refractivity contribution in [3.63, 3.8) is 0 Å². The molecule has 1 fully saturated rings. The highest BCUT2D eigenvalue weighted by Crippen LogP contribution is 2.22. The van der Waals surface area contributed by atoms with Crippen LogP contribution >= 0.6 is 0 Å². The maximum atomic E-state index is 9.31. The van der Waals surface area contributed by atoms with Gasteiger partial charge in [0.05, 0.1) is 6.61 Å². The molecule has 0 aromatic heterocycles. The molecule has 1 aliphatic rings. The zero-order valence-corrected chi connectivity index (χ0v) is 10.9. The van der Waals surface area contributed by atoms with E-state index in [1.807, 2.05) is 0 Å². The van der Waals surface area contributed by atoms with Gasteiger partial charge in [-0.3, -0.25) is 4.90 Å². The molecule has 0 aliphatic heterocycles. The van der Waals surface area contributed by atoms with Crippen LogP contribution < -0.4 is 5.32 Å². The highest BCUT2D eigenvalue weighted by atomic mass is 16.3. The first kappa shape index (κ1) is 13.9. The first-order valence-electron chi connectivity index (χ1n) is 6.90. The van der Waals surface area contributed by atoms with Crippen LogP contribution in [0.2, 0.25) is 0 Å². The van der Waals surface area contributed by atoms with Crippen LogP contribution in [0, 0.1) is 0 Å². The SMILES string of the molecule is CCNC(CO)CN(CC)C1CCCCC1. The van der Waals surface area contributed by atoms with Crippen LogP contribution in [0.4, 0.5) is 0 Å². The van der Waals surface area contributed by atoms with Gasteiger partial charge in [0.1, 0.15) is 0 Å². The van der Waals surface area contributed by atoms with E-state index in [4.69, 9.17) is 0 Å². The predicted molar refractivity (Wildman–Crippen MR) is 68.7 cm³/mol. The smallest absolute Gasteiger partial charge is 0.0597 e. The average Bonchev–Trinajstić information content (AvgIpc) is 2.35. The van der Waals surface area contributed by atoms with E-state index in [0.29, 0.717) is 0 Å². The topological polar surface area (TPSA) is 35.5 Å². The lowest BCUT2D eigenvalue weighted by Crippen LogP contribution is -2.47. The molecule has 16 heavy (non-hydrogen) atoms. The molecule has 0 aromatic carbocycles. The second kappa shape index (κ2) is 8.04. The van der Waals surface area contributed by atoms with Crippen molar-refractivity contribution in [3.05, 3.63) is 0 Å². The zero-order valence-electron chi connectivity index (χ0n) is 10.9. The Balaban J connectivity index is 2.39. The summed E-state index contributed by atoms with van der Waals surface area (Å²) in [6, 6.07) is 0.998. The van der Waals surface area contributed by atoms with E-state index in [2.05, 4.69) is 24.1 Å². The van der Waals surface area contributed by atoms with Gasteiger partial charge in [0.25, 0.3) is 0 Å². The molecule has 0 bridgehead atoms. The minimum absolute atomic E-state index is 0.242. The Morgan fingerprint density at radius 1 is 1.25 bits per heavy atom. The third-order valence-corrected chi connectivity index (χ3v) is 3.67. The monoisotopic (exact) mass is 228 g/mol. The lowest BCUT2D eigenvalue weighted by molar-refractivity contribution is 0.126. The minimum atomic E-state index is 0.242. The van der Waals surface area contributed by atoms with E-state index in [1.54, 1.807) is 0 Å². The van der Waals surface area contributed by atoms with E-state index in [0.717, 1.165) is 25.7 Å². The predicted octanol–water partition coefficient (Wildman–Crippen LogP) is 1.61. The van der Waals surface area contributed by atoms with Gasteiger partial charge >= 0.3 is 0 Å². The molecule has 1 unspecified atom stereocenters. The zero-order chi connectivity index (χ0) is 11.8. The fraction of sp³-hybridized carbons (Fsp3) is 1.00. The summed E-state index contributed by atoms with van der Waals surface area (Å²) >= 11 is 0. The Bertz CT molecular complexity index is 169. The first-order chi connectivity index (χ1) is 7.81. The van der Waals surface area contributed by atoms with Crippen molar-refractivity contribution in [1.29, 1.82) is 0 Å². The second-order valence-electron chi connectivity index (χ2n) is 4.82. The van der Waals surface area contributed by atoms with Crippen LogP contribution in [0.25, 0.3) is 0 Å². The molecule has 3 nitrogen and oxygen atoms in total. The van der Waals surface area contributed by atoms with Crippen LogP contribution in [-0.4, -0.2) is 48.3 Å². The van der Waals surface area contributed by atoms with Crippen LogP contribution in [0.3, 0.4) is 0 Å². The molecule has 1 saturated carbocycles. The van der Waals surface area contributed by atoms with Crippen molar-refractivity contribution in [3.8, 4) is 0 Å². The number of aliphatic hydroxyl groups is 1. The second-order valence-corrected chi connectivity index (χ2v) is 4.82. The maximum absolute atomic E-state index is 9.31. The molecule has 0 saturated heterocycles. The molecule has 0 radical (unpaired) electrons. The average molecular weight is 228 g/mol. The highest BCUT2D eigenvalue weighted by Gasteiger charge is 2.21. The van der Waals surface area contributed by atoms with E-state index in [1.165, 1.54) is 32.1 Å². The number of likely N-dealkylation sites (N-methyl/N-ethyl adjacent to an activating group) is 2. The van der Waals surface area contributed by atoms with Gasteiger partial charge in [-0.1, -0.05) is 33.1 Å². The van der Waals surface area contributed by atoms with Crippen LogP contribution in [0.15, 0.2) is 0 Å². The lowest BCUT2D eigenvalue weighted by atomic mass is 9.94. The molecule has 0 spiro atoms. The van der Waals surface area contributed by atoms with Gasteiger partial charge in [0.2, 0.25) is 0 Å². The molecule has 3 heteroatoms. The fourth-order valence-electron chi connectivity index (χ4n) is 2.74. The summed E-state index contributed by atoms with van der Waals surface area (Å²) in [6.07, 6.45) is 6.86. The molecule has 0 amide bonds. The summed E-state index contributed by atoms with van der Waals surface area (Å²) in [4.78, 5) is 2.54. The van der Waals surface area contributed by atoms with Crippen molar-refractivity contribution >= 4 is 0 Å². The molecular weight excluding hydrogens is 200 g/mol. The van der Waals surface area contributed by atoms with Crippen molar-refractivity contribution in [2.75, 3.05) is 26.2 Å². The van der Waals surface area contributed by atoms with E-state index in [-0.39, 0.29) is 12.6 Å². The molecule has 1 atom stereocenters. The molecule has 96 valence electrons. The summed E-state index contributed by atoms with van der Waals surface area (Å²) in [7, 11) is 0. The Hall–Kier alpha value is -0.120. The molecule has 1 aliphatic carbocycles. The van der Waals surface area contributed by atoms with Gasteiger partial charge in [0, 0.05) is 18.6 Å². The third-order valence-electron chi connectivity index (χ3n) is 3.67. The van der Waals surface area contributed by atoms with E-state index in [9.17, 15) is 5.11 Å². The number of nitrogens with zero attached hydrogens (tertiary/aromatic N) is 1.